The van der Waals surface area contributed by atoms with E-state index in [1.165, 1.54) is 17.4 Å². The Morgan fingerprint density at radius 1 is 1.35 bits per heavy atom. The van der Waals surface area contributed by atoms with Gasteiger partial charge in [-0.1, -0.05) is 6.92 Å². The second kappa shape index (κ2) is 6.17. The van der Waals surface area contributed by atoms with Gasteiger partial charge in [0.2, 0.25) is 11.2 Å². The number of carbonyl (C=O) groups is 1. The van der Waals surface area contributed by atoms with Gasteiger partial charge in [-0.3, -0.25) is 14.2 Å². The van der Waals surface area contributed by atoms with Crippen molar-refractivity contribution in [2.24, 2.45) is 28.0 Å². The first kappa shape index (κ1) is 20.4. The van der Waals surface area contributed by atoms with E-state index in [2.05, 4.69) is 16.8 Å². The Morgan fingerprint density at radius 2 is 2.12 bits per heavy atom. The summed E-state index contributed by atoms with van der Waals surface area (Å²) >= 11 is 1.21. The topological polar surface area (TPSA) is 110 Å². The SMILES string of the molecule is CN=c1c2c(N3CC4C(C3)C3(N)CCC4(C)C3)c(F)cc3c(=O)c(OC(=O)O)c4scc1n4c32. The monoisotopic (exact) mass is 482 g/mol. The number of halogens is 1. The predicted octanol–water partition coefficient (Wildman–Crippen LogP) is 3.22. The molecule has 176 valence electrons. The Kier molecular flexibility index (Phi) is 3.70. The smallest absolute Gasteiger partial charge is 0.449 e. The maximum absolute atomic E-state index is 15.9. The molecule has 1 aromatic carbocycles. The summed E-state index contributed by atoms with van der Waals surface area (Å²) in [5, 5.41) is 12.2. The number of anilines is 1. The number of carboxylic acid groups (broad SMARTS) is 1. The second-order valence-electron chi connectivity index (χ2n) is 10.5. The van der Waals surface area contributed by atoms with Crippen molar-refractivity contribution in [2.45, 2.75) is 31.7 Å². The number of benzene rings is 1. The summed E-state index contributed by atoms with van der Waals surface area (Å²) in [4.78, 5) is 31.5. The van der Waals surface area contributed by atoms with Gasteiger partial charge in [-0.15, -0.1) is 11.3 Å². The standard InChI is InChI=1S/C24H23FN4O4S/c1-23-3-4-24(26,9-23)12-7-28(6-11(12)23)18-13(25)5-10-17-15(18)16(27-2)14-8-34-21(29(14)17)20(19(10)30)33-22(31)32/h5,8,11-12H,3-4,6-7,9,26H2,1-2H3,(H,31,32). The van der Waals surface area contributed by atoms with Crippen LogP contribution in [0.2, 0.25) is 0 Å². The van der Waals surface area contributed by atoms with Gasteiger partial charge in [-0.2, -0.15) is 0 Å². The minimum Gasteiger partial charge on any atom is -0.449 e. The fourth-order valence-corrected chi connectivity index (χ4v) is 8.52. The summed E-state index contributed by atoms with van der Waals surface area (Å²) in [6.07, 6.45) is 1.55. The highest BCUT2D eigenvalue weighted by Crippen LogP contribution is 2.64. The Morgan fingerprint density at radius 3 is 2.82 bits per heavy atom. The van der Waals surface area contributed by atoms with Gasteiger partial charge in [0.05, 0.1) is 32.9 Å². The average molecular weight is 483 g/mol. The maximum Gasteiger partial charge on any atom is 0.511 e. The molecule has 3 aromatic heterocycles. The number of aromatic nitrogens is 1. The fourth-order valence-electron chi connectivity index (χ4n) is 7.54. The number of nitrogens with two attached hydrogens (primary N) is 1. The van der Waals surface area contributed by atoms with Gasteiger partial charge < -0.3 is 20.5 Å². The van der Waals surface area contributed by atoms with E-state index in [-0.39, 0.29) is 22.1 Å². The fraction of sp³-hybridized carbons (Fsp3) is 0.458. The molecule has 3 fully saturated rings. The summed E-state index contributed by atoms with van der Waals surface area (Å²) < 4.78 is 22.5. The van der Waals surface area contributed by atoms with E-state index in [1.54, 1.807) is 11.4 Å². The zero-order valence-electron chi connectivity index (χ0n) is 18.7. The third-order valence-corrected chi connectivity index (χ3v) is 9.81. The summed E-state index contributed by atoms with van der Waals surface area (Å²) in [7, 11) is 1.65. The molecule has 0 spiro atoms. The summed E-state index contributed by atoms with van der Waals surface area (Å²) in [6, 6.07) is 1.22. The van der Waals surface area contributed by atoms with Crippen molar-refractivity contribution in [3.8, 4) is 5.75 Å². The van der Waals surface area contributed by atoms with Crippen molar-refractivity contribution >= 4 is 49.8 Å². The van der Waals surface area contributed by atoms with E-state index in [9.17, 15) is 14.7 Å². The molecule has 4 unspecified atom stereocenters. The molecule has 2 bridgehead atoms. The van der Waals surface area contributed by atoms with E-state index < -0.39 is 17.4 Å². The zero-order valence-corrected chi connectivity index (χ0v) is 19.5. The molecule has 10 heteroatoms. The third-order valence-electron chi connectivity index (χ3n) is 8.88. The first-order chi connectivity index (χ1) is 16.2. The van der Waals surface area contributed by atoms with E-state index in [0.29, 0.717) is 50.7 Å². The molecule has 3 aliphatic rings. The van der Waals surface area contributed by atoms with Crippen LogP contribution >= 0.6 is 11.3 Å². The Hall–Kier alpha value is -2.98. The Labute approximate surface area is 196 Å². The van der Waals surface area contributed by atoms with Gasteiger partial charge in [0.1, 0.15) is 10.6 Å². The molecule has 8 nitrogen and oxygen atoms in total. The number of ether oxygens (including phenoxy) is 1. The van der Waals surface area contributed by atoms with Crippen LogP contribution in [0.4, 0.5) is 14.9 Å². The van der Waals surface area contributed by atoms with Crippen LogP contribution in [0.5, 0.6) is 5.75 Å². The molecule has 0 amide bonds. The summed E-state index contributed by atoms with van der Waals surface area (Å²) in [5.41, 5.74) is 7.88. The maximum atomic E-state index is 15.9. The number of hydrogen-bond donors (Lipinski definition) is 2. The summed E-state index contributed by atoms with van der Waals surface area (Å²) in [6.45, 7) is 3.71. The zero-order chi connectivity index (χ0) is 23.7. The minimum atomic E-state index is -1.59. The number of nitrogens with zero attached hydrogens (tertiary/aromatic N) is 3. The quantitative estimate of drug-likeness (QED) is 0.425. The second-order valence-corrected chi connectivity index (χ2v) is 11.4. The average Bonchev–Trinajstić information content (AvgIpc) is 3.54. The van der Waals surface area contributed by atoms with Crippen LogP contribution in [0, 0.1) is 23.1 Å². The summed E-state index contributed by atoms with van der Waals surface area (Å²) in [5.74, 6) is -0.115. The molecule has 4 atom stereocenters. The molecule has 4 aromatic rings. The van der Waals surface area contributed by atoms with E-state index in [4.69, 9.17) is 10.5 Å². The Balaban J connectivity index is 1.51. The highest BCUT2D eigenvalue weighted by molar-refractivity contribution is 7.16. The molecule has 1 saturated heterocycles. The van der Waals surface area contributed by atoms with Gasteiger partial charge in [0, 0.05) is 31.1 Å². The van der Waals surface area contributed by atoms with Gasteiger partial charge in [0.25, 0.3) is 0 Å². The van der Waals surface area contributed by atoms with Crippen molar-refractivity contribution in [3.05, 3.63) is 32.8 Å². The lowest BCUT2D eigenvalue weighted by atomic mass is 9.72. The van der Waals surface area contributed by atoms with Crippen molar-refractivity contribution in [1.29, 1.82) is 0 Å². The van der Waals surface area contributed by atoms with Gasteiger partial charge in [-0.25, -0.2) is 9.18 Å². The van der Waals surface area contributed by atoms with Gasteiger partial charge in [-0.05, 0) is 42.6 Å². The Bertz CT molecular complexity index is 1640. The van der Waals surface area contributed by atoms with Crippen molar-refractivity contribution in [1.82, 2.24) is 4.40 Å². The van der Waals surface area contributed by atoms with E-state index >= 15 is 4.39 Å². The lowest BCUT2D eigenvalue weighted by Crippen LogP contribution is -2.45. The van der Waals surface area contributed by atoms with Crippen molar-refractivity contribution in [2.75, 3.05) is 25.0 Å². The van der Waals surface area contributed by atoms with Crippen LogP contribution in [0.1, 0.15) is 26.2 Å². The number of rotatable bonds is 2. The van der Waals surface area contributed by atoms with Crippen molar-refractivity contribution in [3.63, 3.8) is 0 Å². The first-order valence-electron chi connectivity index (χ1n) is 11.4. The lowest BCUT2D eigenvalue weighted by Gasteiger charge is -2.34. The predicted molar refractivity (Wildman–Crippen MR) is 127 cm³/mol. The highest BCUT2D eigenvalue weighted by atomic mass is 32.1. The molecule has 1 aliphatic heterocycles. The number of hydrogen-bond acceptors (Lipinski definition) is 7. The van der Waals surface area contributed by atoms with Crippen LogP contribution in [0.3, 0.4) is 0 Å². The minimum absolute atomic E-state index is 0.0880. The van der Waals surface area contributed by atoms with Crippen LogP contribution in [0.25, 0.3) is 26.6 Å². The molecule has 2 saturated carbocycles. The number of thiazole rings is 1. The van der Waals surface area contributed by atoms with Crippen molar-refractivity contribution < 1.29 is 19.0 Å². The first-order valence-corrected chi connectivity index (χ1v) is 12.3. The molecule has 0 radical (unpaired) electrons. The molecular weight excluding hydrogens is 459 g/mol. The van der Waals surface area contributed by atoms with Crippen LogP contribution in [-0.2, 0) is 0 Å². The molecule has 2 aliphatic carbocycles. The van der Waals surface area contributed by atoms with E-state index in [1.807, 2.05) is 5.38 Å². The largest absolute Gasteiger partial charge is 0.511 e. The number of pyridine rings is 1. The highest BCUT2D eigenvalue weighted by Gasteiger charge is 2.64. The number of fused-ring (bicyclic) bond motifs is 5. The van der Waals surface area contributed by atoms with Gasteiger partial charge in [0.15, 0.2) is 0 Å². The molecule has 3 N–H and O–H groups in total. The van der Waals surface area contributed by atoms with Gasteiger partial charge >= 0.3 is 6.16 Å². The normalized spacial score (nSPS) is 31.1. The lowest BCUT2D eigenvalue weighted by molar-refractivity contribution is 0.144. The van der Waals surface area contributed by atoms with E-state index in [0.717, 1.165) is 25.8 Å². The van der Waals surface area contributed by atoms with Crippen LogP contribution < -0.4 is 26.2 Å². The molecule has 34 heavy (non-hydrogen) atoms. The molecule has 7 rings (SSSR count). The third kappa shape index (κ3) is 2.23. The molecular formula is C24H23FN4O4S. The van der Waals surface area contributed by atoms with Crippen LogP contribution in [-0.4, -0.2) is 41.3 Å². The molecule has 4 heterocycles. The van der Waals surface area contributed by atoms with Crippen LogP contribution in [0.15, 0.2) is 21.2 Å².